The number of para-hydroxylation sites is 1. The molecule has 5 N–H and O–H groups in total. The van der Waals surface area contributed by atoms with Crippen LogP contribution in [-0.2, 0) is 60.8 Å². The van der Waals surface area contributed by atoms with Crippen LogP contribution in [0, 0.1) is 27.6 Å². The number of hydrogen-bond donors (Lipinski definition) is 5. The van der Waals surface area contributed by atoms with Crippen molar-refractivity contribution in [2.45, 2.75) is 200 Å². The van der Waals surface area contributed by atoms with Gasteiger partial charge in [-0.05, 0) is 98.8 Å². The number of hydrogen-bond acceptors (Lipinski definition) is 17. The van der Waals surface area contributed by atoms with Crippen molar-refractivity contribution in [2.75, 3.05) is 104 Å². The van der Waals surface area contributed by atoms with Crippen LogP contribution in [0.15, 0.2) is 90.6 Å². The molecule has 4 aromatic rings. The van der Waals surface area contributed by atoms with Gasteiger partial charge in [-0.15, -0.1) is 0 Å². The number of carbonyl (C=O) groups is 5. The molecule has 20 heteroatoms. The monoisotopic (exact) mass is 1390 g/mol. The number of rotatable bonds is 13. The van der Waals surface area contributed by atoms with Gasteiger partial charge in [-0.2, -0.15) is 0 Å². The molecule has 2 saturated carbocycles. The lowest BCUT2D eigenvalue weighted by atomic mass is 9.47. The zero-order valence-electron chi connectivity index (χ0n) is 61.2. The molecule has 3 unspecified atom stereocenters. The fourth-order valence-corrected chi connectivity index (χ4v) is 21.6. The summed E-state index contributed by atoms with van der Waals surface area (Å²) in [7, 11) is 8.80. The van der Waals surface area contributed by atoms with Crippen LogP contribution in [0.2, 0.25) is 0 Å². The van der Waals surface area contributed by atoms with E-state index in [1.54, 1.807) is 14.2 Å². The van der Waals surface area contributed by atoms with Crippen molar-refractivity contribution >= 4 is 52.0 Å². The molecule has 2 aliphatic carbocycles. The number of methoxy groups -OCH3 is 3. The maximum Gasteiger partial charge on any atom is 0.322 e. The number of fused-ring (bicyclic) bond motifs is 7. The number of aromatic nitrogens is 1. The molecule has 15 atom stereocenters. The normalized spacial score (nSPS) is 33.8. The first-order chi connectivity index (χ1) is 46.9. The lowest BCUT2D eigenvalue weighted by Gasteiger charge is -2.64. The number of H-pyrrole nitrogens is 1. The fourth-order valence-electron chi connectivity index (χ4n) is 21.6. The van der Waals surface area contributed by atoms with Gasteiger partial charge in [0, 0.05) is 151 Å². The highest BCUT2D eigenvalue weighted by Crippen LogP contribution is 2.70. The Labute approximate surface area is 598 Å². The number of amides is 2. The summed E-state index contributed by atoms with van der Waals surface area (Å²) >= 11 is 0. The van der Waals surface area contributed by atoms with E-state index in [1.807, 2.05) is 73.8 Å². The average molecular weight is 1390 g/mol. The Morgan fingerprint density at radius 2 is 1.20 bits per heavy atom. The second-order valence-electron chi connectivity index (χ2n) is 32.5. The molecule has 9 heterocycles. The minimum atomic E-state index is -1.76. The van der Waals surface area contributed by atoms with Crippen LogP contribution >= 0.6 is 0 Å². The van der Waals surface area contributed by atoms with Crippen LogP contribution in [-0.4, -0.2) is 202 Å². The minimum Gasteiger partial charge on any atom is -0.497 e. The van der Waals surface area contributed by atoms with Crippen LogP contribution in [0.3, 0.4) is 0 Å². The predicted molar refractivity (Wildman–Crippen MR) is 395 cm³/mol. The van der Waals surface area contributed by atoms with Gasteiger partial charge in [0.2, 0.25) is 11.8 Å². The summed E-state index contributed by atoms with van der Waals surface area (Å²) in [5.41, 5.74) is 0.490. The molecule has 2 bridgehead atoms. The number of ether oxygens (including phenoxy) is 5. The number of anilines is 2. The molecule has 2 spiro atoms. The third-order valence-corrected chi connectivity index (χ3v) is 25.3. The third-order valence-electron chi connectivity index (χ3n) is 25.3. The zero-order chi connectivity index (χ0) is 71.1. The number of carbonyl (C=O) groups excluding carboxylic acids is 5. The highest BCUT2D eigenvalue weighted by molar-refractivity contribution is 5.95. The number of nitrogens with one attached hydrogen (secondary N) is 3. The molecule has 8 aliphatic heterocycles. The van der Waals surface area contributed by atoms with Gasteiger partial charge in [-0.25, -0.2) is 0 Å². The minimum absolute atomic E-state index is 0. The standard InChI is InChI=1S/C50H65N5O7.C29H41N3O5.2CH4/c1-10-31-23-32-26-49(45(58)61-9,40-34(17-21-54(27-31)28-32)33-15-12-13-16-37(33)52-40)36-24-35-38(25-39(36)60-8)53(7)42-48(35)19-22-55-20-14-18-47(11-2,41(48)55)43(62-30(3)56)50(42,59)29-51-44(57)46(4,5)6;1-8-27-12-9-14-32-15-13-28(22(27)32)20-11-10-19(36-7)16-21(20)31(6)23(28)29(35,24(27)37-18(2)33)17-30-25(34)26(3,4)5;;/h12-16,18,23-25,32,41-43,52,59H,10-11,17,19-22,26-29H2,1-9H3,(H,51,57);9-12,16,22-24,35H,8,13-15,17H2,1-7H3,(H,30,34);2*1H4/t32-,41?,42+,43+,47+,48+,49-,50-;22?,23-,24-,27-,28-,29+;;/m01../s1. The number of nitrogens with zero attached hydrogens (tertiary/aromatic N) is 5. The third kappa shape index (κ3) is 10.9. The summed E-state index contributed by atoms with van der Waals surface area (Å²) in [5, 5.41) is 34.1. The SMILES string of the molecule is C.C.CCC1=C[C@@H]2CN(CCc3c([nH]c4ccccc34)[C@@](C(=O)OC)(c3cc4c(cc3OC)N(C)[C@H]3[C@@](O)(CNC(=O)C(C)(C)C)[C@H](OC(C)=O)[C@]5(CC)C=CCN6CC[C@]43C65)C2)C1.CC[C@]12C=CCN3CC[C@@]4(c5ccc(OC)cc5N(C)[C@H]4[C@@](O)(CNC(=O)C(C)(C)C)[C@@H]1OC(C)=O)C32. The second-order valence-corrected chi connectivity index (χ2v) is 32.5. The van der Waals surface area contributed by atoms with E-state index in [0.717, 1.165) is 109 Å². The number of likely N-dealkylation sites (N-methyl/N-ethyl adjacent to an activating group) is 2. The van der Waals surface area contributed by atoms with E-state index < -0.39 is 85.3 Å². The molecule has 3 aromatic carbocycles. The van der Waals surface area contributed by atoms with E-state index >= 15 is 4.79 Å². The van der Waals surface area contributed by atoms with E-state index in [1.165, 1.54) is 32.1 Å². The quantitative estimate of drug-likeness (QED) is 0.0477. The number of aromatic amines is 1. The van der Waals surface area contributed by atoms with Crippen molar-refractivity contribution in [1.82, 2.24) is 30.3 Å². The Morgan fingerprint density at radius 3 is 1.69 bits per heavy atom. The van der Waals surface area contributed by atoms with Crippen molar-refractivity contribution in [1.29, 1.82) is 0 Å². The first-order valence-corrected chi connectivity index (χ1v) is 36.1. The van der Waals surface area contributed by atoms with Crippen LogP contribution in [0.5, 0.6) is 11.5 Å². The van der Waals surface area contributed by atoms with Crippen molar-refractivity contribution < 1.29 is 57.9 Å². The maximum atomic E-state index is 15.4. The van der Waals surface area contributed by atoms with Crippen molar-refractivity contribution in [3.05, 3.63) is 118 Å². The Kier molecular flexibility index (Phi) is 19.6. The van der Waals surface area contributed by atoms with E-state index in [2.05, 4.69) is 128 Å². The lowest BCUT2D eigenvalue weighted by Crippen LogP contribution is -2.81. The van der Waals surface area contributed by atoms with Crippen LogP contribution in [0.4, 0.5) is 11.4 Å². The van der Waals surface area contributed by atoms with Gasteiger partial charge in [-0.3, -0.25) is 38.7 Å². The van der Waals surface area contributed by atoms with Gasteiger partial charge < -0.3 is 59.3 Å². The van der Waals surface area contributed by atoms with Crippen molar-refractivity contribution in [3.8, 4) is 11.5 Å². The molecule has 20 nitrogen and oxygen atoms in total. The predicted octanol–water partition coefficient (Wildman–Crippen LogP) is 9.69. The summed E-state index contributed by atoms with van der Waals surface area (Å²) in [6.45, 7) is 25.9. The summed E-state index contributed by atoms with van der Waals surface area (Å²) in [5.74, 6) is -0.306. The highest BCUT2D eigenvalue weighted by atomic mass is 16.6. The Hall–Kier alpha value is -7.23. The molecule has 101 heavy (non-hydrogen) atoms. The van der Waals surface area contributed by atoms with Gasteiger partial charge in [0.25, 0.3) is 0 Å². The zero-order valence-corrected chi connectivity index (χ0v) is 61.2. The van der Waals surface area contributed by atoms with Gasteiger partial charge in [0.1, 0.15) is 40.3 Å². The highest BCUT2D eigenvalue weighted by Gasteiger charge is 2.80. The number of benzene rings is 3. The summed E-state index contributed by atoms with van der Waals surface area (Å²) in [4.78, 5) is 83.6. The Morgan fingerprint density at radius 1 is 0.663 bits per heavy atom. The van der Waals surface area contributed by atoms with Crippen LogP contribution < -0.4 is 29.9 Å². The lowest BCUT2D eigenvalue weighted by molar-refractivity contribution is -0.217. The van der Waals surface area contributed by atoms with E-state index in [9.17, 15) is 29.4 Å². The average Bonchev–Trinajstić information content (AvgIpc) is 1.51. The molecule has 14 rings (SSSR count). The summed E-state index contributed by atoms with van der Waals surface area (Å²) in [6, 6.07) is 17.5. The van der Waals surface area contributed by atoms with Gasteiger partial charge in [0.05, 0.1) is 46.5 Å². The second kappa shape index (κ2) is 26.5. The summed E-state index contributed by atoms with van der Waals surface area (Å²) < 4.78 is 30.6. The largest absolute Gasteiger partial charge is 0.497 e. The Balaban J connectivity index is 0.000000225. The molecule has 2 saturated heterocycles. The fraction of sp³-hybridized carbons (Fsp3) is 0.617. The molecule has 10 aliphatic rings. The number of esters is 3. The van der Waals surface area contributed by atoms with Gasteiger partial charge in [0.15, 0.2) is 0 Å². The molecule has 550 valence electrons. The van der Waals surface area contributed by atoms with E-state index in [0.29, 0.717) is 38.0 Å². The van der Waals surface area contributed by atoms with Gasteiger partial charge >= 0.3 is 17.9 Å². The number of aliphatic hydroxyl groups is 2. The van der Waals surface area contributed by atoms with Crippen molar-refractivity contribution in [3.63, 3.8) is 0 Å². The van der Waals surface area contributed by atoms with E-state index in [4.69, 9.17) is 23.7 Å². The van der Waals surface area contributed by atoms with Gasteiger partial charge in [-0.1, -0.05) is 137 Å². The first-order valence-electron chi connectivity index (χ1n) is 36.1. The Bertz CT molecular complexity index is 4000. The maximum absolute atomic E-state index is 15.4. The van der Waals surface area contributed by atoms with Crippen molar-refractivity contribution in [2.24, 2.45) is 27.6 Å². The molecule has 4 fully saturated rings. The topological polar surface area (TPSA) is 228 Å². The molecular weight excluding hydrogens is 1280 g/mol. The van der Waals surface area contributed by atoms with Crippen LogP contribution in [0.25, 0.3) is 10.9 Å². The van der Waals surface area contributed by atoms with Crippen LogP contribution in [0.1, 0.15) is 157 Å². The smallest absolute Gasteiger partial charge is 0.322 e. The molecule has 0 radical (unpaired) electrons. The molecule has 2 amide bonds. The first kappa shape index (κ1) is 74.9. The van der Waals surface area contributed by atoms with E-state index in [-0.39, 0.29) is 63.7 Å². The molecule has 1 aromatic heterocycles. The summed E-state index contributed by atoms with van der Waals surface area (Å²) in [6.07, 6.45) is 14.2. The molecular formula is C81H114N8O12.